The van der Waals surface area contributed by atoms with Crippen LogP contribution in [0.1, 0.15) is 24.4 Å². The summed E-state index contributed by atoms with van der Waals surface area (Å²) in [4.78, 5) is 4.16. The average molecular weight is 338 g/mol. The number of hydrogen-bond donors (Lipinski definition) is 0. The molecule has 118 valence electrons. The van der Waals surface area contributed by atoms with Gasteiger partial charge in [0.2, 0.25) is 0 Å². The lowest BCUT2D eigenvalue weighted by molar-refractivity contribution is 0.201. The molecular weight excluding hydrogens is 320 g/mol. The third-order valence-corrected chi connectivity index (χ3v) is 6.93. The smallest absolute Gasteiger partial charge is 0.254 e. The van der Waals surface area contributed by atoms with Gasteiger partial charge < -0.3 is 4.74 Å². The van der Waals surface area contributed by atoms with Gasteiger partial charge in [-0.05, 0) is 19.4 Å². The summed E-state index contributed by atoms with van der Waals surface area (Å²) in [5.41, 5.74) is 0.885. The molecule has 1 atom stereocenters. The molecule has 7 heteroatoms. The van der Waals surface area contributed by atoms with Gasteiger partial charge in [0.25, 0.3) is 10.0 Å². The van der Waals surface area contributed by atoms with E-state index in [0.717, 1.165) is 22.7 Å². The van der Waals surface area contributed by atoms with Gasteiger partial charge in [-0.25, -0.2) is 13.4 Å². The molecule has 0 fully saturated rings. The molecular formula is C15H18N2O3S2. The number of benzene rings is 1. The summed E-state index contributed by atoms with van der Waals surface area (Å²) >= 11 is 1.24. The van der Waals surface area contributed by atoms with Gasteiger partial charge >= 0.3 is 0 Å². The largest absolute Gasteiger partial charge is 0.489 e. The minimum Gasteiger partial charge on any atom is -0.489 e. The van der Waals surface area contributed by atoms with Gasteiger partial charge in [-0.15, -0.1) is 11.3 Å². The van der Waals surface area contributed by atoms with Crippen molar-refractivity contribution in [1.29, 1.82) is 0 Å². The van der Waals surface area contributed by atoms with Crippen LogP contribution in [0, 0.1) is 0 Å². The standard InChI is InChI=1S/C15H18N2O3S2/c1-3-14-16-8-15(21-14)22(18,19)17-9-11(2)20-13-7-5-4-6-12(13)10-17/h4-8,11H,3,9-10H2,1-2H3. The molecule has 5 nitrogen and oxygen atoms in total. The molecule has 0 saturated carbocycles. The molecule has 2 heterocycles. The fourth-order valence-corrected chi connectivity index (χ4v) is 5.20. The molecule has 2 aromatic rings. The van der Waals surface area contributed by atoms with E-state index >= 15 is 0 Å². The van der Waals surface area contributed by atoms with E-state index in [0.29, 0.717) is 17.3 Å². The predicted octanol–water partition coefficient (Wildman–Crippen LogP) is 2.68. The normalized spacial score (nSPS) is 19.3. The molecule has 1 aliphatic rings. The van der Waals surface area contributed by atoms with Gasteiger partial charge in [-0.2, -0.15) is 4.31 Å². The van der Waals surface area contributed by atoms with Crippen LogP contribution < -0.4 is 4.74 Å². The number of aryl methyl sites for hydroxylation is 1. The Labute approximate surface area is 134 Å². The first-order valence-electron chi connectivity index (χ1n) is 7.20. The van der Waals surface area contributed by atoms with E-state index in [1.807, 2.05) is 38.1 Å². The van der Waals surface area contributed by atoms with Crippen molar-refractivity contribution in [2.24, 2.45) is 0 Å². The van der Waals surface area contributed by atoms with Crippen LogP contribution in [0.2, 0.25) is 0 Å². The molecule has 1 aromatic heterocycles. The number of hydrogen-bond acceptors (Lipinski definition) is 5. The van der Waals surface area contributed by atoms with Crippen LogP contribution in [0.5, 0.6) is 5.75 Å². The molecule has 22 heavy (non-hydrogen) atoms. The highest BCUT2D eigenvalue weighted by Crippen LogP contribution is 2.30. The number of fused-ring (bicyclic) bond motifs is 1. The zero-order valence-corrected chi connectivity index (χ0v) is 14.2. The number of sulfonamides is 1. The number of ether oxygens (including phenoxy) is 1. The van der Waals surface area contributed by atoms with E-state index < -0.39 is 10.0 Å². The van der Waals surface area contributed by atoms with E-state index in [1.165, 1.54) is 21.8 Å². The lowest BCUT2D eigenvalue weighted by atomic mass is 10.2. The second-order valence-electron chi connectivity index (χ2n) is 5.26. The highest BCUT2D eigenvalue weighted by Gasteiger charge is 2.31. The highest BCUT2D eigenvalue weighted by molar-refractivity contribution is 7.91. The molecule has 0 N–H and O–H groups in total. The molecule has 1 aliphatic heterocycles. The van der Waals surface area contributed by atoms with E-state index in [1.54, 1.807) is 0 Å². The summed E-state index contributed by atoms with van der Waals surface area (Å²) in [7, 11) is -3.54. The summed E-state index contributed by atoms with van der Waals surface area (Å²) in [5, 5.41) is 0.832. The molecule has 1 unspecified atom stereocenters. The quantitative estimate of drug-likeness (QED) is 0.863. The van der Waals surface area contributed by atoms with Crippen LogP contribution >= 0.6 is 11.3 Å². The molecule has 0 saturated heterocycles. The monoisotopic (exact) mass is 338 g/mol. The summed E-state index contributed by atoms with van der Waals surface area (Å²) in [6, 6.07) is 7.57. The minimum atomic E-state index is -3.54. The predicted molar refractivity (Wildman–Crippen MR) is 85.6 cm³/mol. The second-order valence-corrected chi connectivity index (χ2v) is 8.54. The number of nitrogens with zero attached hydrogens (tertiary/aromatic N) is 2. The van der Waals surface area contributed by atoms with Crippen molar-refractivity contribution in [1.82, 2.24) is 9.29 Å². The first kappa shape index (κ1) is 15.5. The SMILES string of the molecule is CCc1ncc(S(=O)(=O)N2Cc3ccccc3OC(C)C2)s1. The summed E-state index contributed by atoms with van der Waals surface area (Å²) in [5.74, 6) is 0.756. The fourth-order valence-electron chi connectivity index (χ4n) is 2.43. The molecule has 0 bridgehead atoms. The Morgan fingerprint density at radius 3 is 2.91 bits per heavy atom. The second kappa shape index (κ2) is 5.98. The van der Waals surface area contributed by atoms with Crippen LogP contribution in [0.25, 0.3) is 0 Å². The van der Waals surface area contributed by atoms with E-state index in [-0.39, 0.29) is 6.10 Å². The first-order valence-corrected chi connectivity index (χ1v) is 9.45. The van der Waals surface area contributed by atoms with Crippen molar-refractivity contribution in [2.75, 3.05) is 6.54 Å². The molecule has 3 rings (SSSR count). The van der Waals surface area contributed by atoms with Crippen molar-refractivity contribution in [3.05, 3.63) is 41.0 Å². The zero-order valence-electron chi connectivity index (χ0n) is 12.5. The number of thiazole rings is 1. The van der Waals surface area contributed by atoms with Crippen LogP contribution in [0.15, 0.2) is 34.7 Å². The Morgan fingerprint density at radius 2 is 2.18 bits per heavy atom. The average Bonchev–Trinajstić information content (AvgIpc) is 2.91. The summed E-state index contributed by atoms with van der Waals surface area (Å²) < 4.78 is 33.3. The lowest BCUT2D eigenvalue weighted by Crippen LogP contribution is -2.35. The summed E-state index contributed by atoms with van der Waals surface area (Å²) in [6.07, 6.45) is 2.00. The summed E-state index contributed by atoms with van der Waals surface area (Å²) in [6.45, 7) is 4.50. The third-order valence-electron chi connectivity index (χ3n) is 3.54. The molecule has 0 amide bonds. The van der Waals surface area contributed by atoms with Crippen LogP contribution in [-0.4, -0.2) is 30.4 Å². The Bertz CT molecular complexity index is 771. The Balaban J connectivity index is 1.96. The third kappa shape index (κ3) is 2.88. The van der Waals surface area contributed by atoms with Gasteiger partial charge in [0.15, 0.2) is 4.21 Å². The maximum Gasteiger partial charge on any atom is 0.254 e. The van der Waals surface area contributed by atoms with Gasteiger partial charge in [0.05, 0.1) is 17.7 Å². The first-order chi connectivity index (χ1) is 10.5. The van der Waals surface area contributed by atoms with Crippen LogP contribution in [0.3, 0.4) is 0 Å². The number of para-hydroxylation sites is 1. The molecule has 0 aliphatic carbocycles. The maximum absolute atomic E-state index is 12.9. The lowest BCUT2D eigenvalue weighted by Gasteiger charge is -2.20. The number of aromatic nitrogens is 1. The molecule has 0 radical (unpaired) electrons. The Hall–Kier alpha value is -1.44. The van der Waals surface area contributed by atoms with Crippen LogP contribution in [-0.2, 0) is 23.0 Å². The minimum absolute atomic E-state index is 0.197. The Morgan fingerprint density at radius 1 is 1.41 bits per heavy atom. The van der Waals surface area contributed by atoms with Gasteiger partial charge in [-0.1, -0.05) is 25.1 Å². The Kier molecular flexibility index (Phi) is 4.20. The van der Waals surface area contributed by atoms with Gasteiger partial charge in [-0.3, -0.25) is 0 Å². The van der Waals surface area contributed by atoms with Crippen molar-refractivity contribution >= 4 is 21.4 Å². The zero-order chi connectivity index (χ0) is 15.7. The molecule has 1 aromatic carbocycles. The fraction of sp³-hybridized carbons (Fsp3) is 0.400. The van der Waals surface area contributed by atoms with Crippen LogP contribution in [0.4, 0.5) is 0 Å². The molecule has 0 spiro atoms. The highest BCUT2D eigenvalue weighted by atomic mass is 32.2. The number of rotatable bonds is 3. The topological polar surface area (TPSA) is 59.5 Å². The van der Waals surface area contributed by atoms with Gasteiger partial charge in [0.1, 0.15) is 11.9 Å². The van der Waals surface area contributed by atoms with Gasteiger partial charge in [0, 0.05) is 12.1 Å². The van der Waals surface area contributed by atoms with Crippen molar-refractivity contribution in [3.8, 4) is 5.75 Å². The van der Waals surface area contributed by atoms with E-state index in [9.17, 15) is 8.42 Å². The maximum atomic E-state index is 12.9. The van der Waals surface area contributed by atoms with E-state index in [4.69, 9.17) is 4.74 Å². The van der Waals surface area contributed by atoms with Crippen molar-refractivity contribution < 1.29 is 13.2 Å². The van der Waals surface area contributed by atoms with Crippen molar-refractivity contribution in [3.63, 3.8) is 0 Å². The van der Waals surface area contributed by atoms with E-state index in [2.05, 4.69) is 4.98 Å². The van der Waals surface area contributed by atoms with Crippen molar-refractivity contribution in [2.45, 2.75) is 37.1 Å².